The zero-order valence-corrected chi connectivity index (χ0v) is 9.54. The monoisotopic (exact) mass is 207 g/mol. The van der Waals surface area contributed by atoms with E-state index in [0.717, 1.165) is 18.2 Å². The molecule has 1 N–H and O–H groups in total. The van der Waals surface area contributed by atoms with E-state index in [2.05, 4.69) is 12.2 Å². The van der Waals surface area contributed by atoms with Gasteiger partial charge in [0, 0.05) is 0 Å². The van der Waals surface area contributed by atoms with E-state index in [-0.39, 0.29) is 0 Å². The van der Waals surface area contributed by atoms with Crippen molar-refractivity contribution in [3.63, 3.8) is 0 Å². The van der Waals surface area contributed by atoms with E-state index in [1.807, 2.05) is 12.1 Å². The lowest BCUT2D eigenvalue weighted by atomic mass is 10.0. The van der Waals surface area contributed by atoms with E-state index in [9.17, 15) is 0 Å². The van der Waals surface area contributed by atoms with Crippen molar-refractivity contribution in [1.29, 1.82) is 0 Å². The van der Waals surface area contributed by atoms with Gasteiger partial charge in [0.25, 0.3) is 0 Å². The van der Waals surface area contributed by atoms with Crippen LogP contribution in [0.15, 0.2) is 22.8 Å². The van der Waals surface area contributed by atoms with Gasteiger partial charge in [-0.15, -0.1) is 0 Å². The summed E-state index contributed by atoms with van der Waals surface area (Å²) >= 11 is 0. The van der Waals surface area contributed by atoms with Crippen LogP contribution in [-0.2, 0) is 0 Å². The van der Waals surface area contributed by atoms with Gasteiger partial charge in [-0.05, 0) is 37.9 Å². The predicted molar refractivity (Wildman–Crippen MR) is 61.7 cm³/mol. The molecule has 0 amide bonds. The summed E-state index contributed by atoms with van der Waals surface area (Å²) in [5, 5.41) is 3.52. The summed E-state index contributed by atoms with van der Waals surface area (Å²) in [5.74, 6) is 2.02. The molecule has 0 radical (unpaired) electrons. The second-order valence-corrected chi connectivity index (χ2v) is 4.63. The normalized spacial score (nSPS) is 19.5. The van der Waals surface area contributed by atoms with Crippen molar-refractivity contribution < 1.29 is 4.42 Å². The lowest BCUT2D eigenvalue weighted by Gasteiger charge is -2.13. The minimum atomic E-state index is 0.349. The van der Waals surface area contributed by atoms with Crippen molar-refractivity contribution in [2.24, 2.45) is 5.92 Å². The van der Waals surface area contributed by atoms with Crippen LogP contribution in [0.1, 0.15) is 50.8 Å². The van der Waals surface area contributed by atoms with Gasteiger partial charge in [-0.2, -0.15) is 0 Å². The van der Waals surface area contributed by atoms with Crippen molar-refractivity contribution >= 4 is 0 Å². The van der Waals surface area contributed by atoms with Crippen molar-refractivity contribution in [1.82, 2.24) is 5.32 Å². The molecule has 2 nitrogen and oxygen atoms in total. The molecule has 1 aromatic rings. The van der Waals surface area contributed by atoms with E-state index in [4.69, 9.17) is 4.42 Å². The Morgan fingerprint density at radius 2 is 2.27 bits per heavy atom. The highest BCUT2D eigenvalue weighted by Crippen LogP contribution is 2.27. The standard InChI is InChI=1S/C13H21NO/c1-11(13-7-4-10-15-13)14-9-8-12-5-2-3-6-12/h4,7,10-12,14H,2-3,5-6,8-9H2,1H3. The third kappa shape index (κ3) is 3.10. The molecule has 0 bridgehead atoms. The van der Waals surface area contributed by atoms with Crippen molar-refractivity contribution in [3.05, 3.63) is 24.2 Å². The SMILES string of the molecule is CC(NCCC1CCCC1)c1ccco1. The minimum absolute atomic E-state index is 0.349. The molecule has 1 aliphatic carbocycles. The highest BCUT2D eigenvalue weighted by atomic mass is 16.3. The van der Waals surface area contributed by atoms with Crippen LogP contribution in [0.25, 0.3) is 0 Å². The Balaban J connectivity index is 1.65. The molecular formula is C13H21NO. The van der Waals surface area contributed by atoms with Crippen LogP contribution in [0, 0.1) is 5.92 Å². The van der Waals surface area contributed by atoms with Gasteiger partial charge >= 0.3 is 0 Å². The number of hydrogen-bond acceptors (Lipinski definition) is 2. The van der Waals surface area contributed by atoms with E-state index in [0.29, 0.717) is 6.04 Å². The molecule has 1 heterocycles. The van der Waals surface area contributed by atoms with Crippen molar-refractivity contribution in [2.75, 3.05) is 6.54 Å². The van der Waals surface area contributed by atoms with E-state index in [1.165, 1.54) is 32.1 Å². The molecule has 15 heavy (non-hydrogen) atoms. The summed E-state index contributed by atoms with van der Waals surface area (Å²) in [5.41, 5.74) is 0. The molecule has 0 spiro atoms. The van der Waals surface area contributed by atoms with Gasteiger partial charge in [0.15, 0.2) is 0 Å². The summed E-state index contributed by atoms with van der Waals surface area (Å²) in [6.45, 7) is 3.28. The van der Waals surface area contributed by atoms with Gasteiger partial charge in [0.1, 0.15) is 5.76 Å². The molecule has 0 aliphatic heterocycles. The first-order valence-corrected chi connectivity index (χ1v) is 6.13. The molecule has 1 aromatic heterocycles. The number of nitrogens with one attached hydrogen (secondary N) is 1. The first-order chi connectivity index (χ1) is 7.36. The molecule has 1 fully saturated rings. The number of hydrogen-bond donors (Lipinski definition) is 1. The van der Waals surface area contributed by atoms with Crippen LogP contribution in [-0.4, -0.2) is 6.54 Å². The third-order valence-electron chi connectivity index (χ3n) is 3.45. The molecule has 84 valence electrons. The van der Waals surface area contributed by atoms with Crippen molar-refractivity contribution in [3.8, 4) is 0 Å². The topological polar surface area (TPSA) is 25.2 Å². The third-order valence-corrected chi connectivity index (χ3v) is 3.45. The lowest BCUT2D eigenvalue weighted by molar-refractivity contribution is 0.405. The Hall–Kier alpha value is -0.760. The molecule has 0 saturated heterocycles. The summed E-state index contributed by atoms with van der Waals surface area (Å²) in [4.78, 5) is 0. The maximum atomic E-state index is 5.36. The van der Waals surface area contributed by atoms with Crippen LogP contribution in [0.2, 0.25) is 0 Å². The second kappa shape index (κ2) is 5.36. The summed E-state index contributed by atoms with van der Waals surface area (Å²) in [6, 6.07) is 4.33. The molecule has 1 unspecified atom stereocenters. The van der Waals surface area contributed by atoms with Crippen LogP contribution in [0.4, 0.5) is 0 Å². The zero-order valence-electron chi connectivity index (χ0n) is 9.54. The van der Waals surface area contributed by atoms with E-state index in [1.54, 1.807) is 6.26 Å². The minimum Gasteiger partial charge on any atom is -0.468 e. The average molecular weight is 207 g/mol. The Labute approximate surface area is 92.1 Å². The quantitative estimate of drug-likeness (QED) is 0.799. The summed E-state index contributed by atoms with van der Waals surface area (Å²) in [7, 11) is 0. The van der Waals surface area contributed by atoms with Gasteiger partial charge in [-0.1, -0.05) is 25.7 Å². The van der Waals surface area contributed by atoms with Gasteiger partial charge in [0.2, 0.25) is 0 Å². The van der Waals surface area contributed by atoms with Gasteiger partial charge in [0.05, 0.1) is 12.3 Å². The fourth-order valence-electron chi connectivity index (χ4n) is 2.44. The van der Waals surface area contributed by atoms with Crippen LogP contribution in [0.5, 0.6) is 0 Å². The Kier molecular flexibility index (Phi) is 3.84. The zero-order chi connectivity index (χ0) is 10.5. The molecule has 1 atom stereocenters. The maximum Gasteiger partial charge on any atom is 0.120 e. The van der Waals surface area contributed by atoms with Gasteiger partial charge in [-0.3, -0.25) is 0 Å². The van der Waals surface area contributed by atoms with Crippen LogP contribution in [0.3, 0.4) is 0 Å². The second-order valence-electron chi connectivity index (χ2n) is 4.63. The Bertz CT molecular complexity index is 262. The highest BCUT2D eigenvalue weighted by molar-refractivity contribution is 5.02. The average Bonchev–Trinajstić information content (AvgIpc) is 2.90. The van der Waals surface area contributed by atoms with Crippen LogP contribution >= 0.6 is 0 Å². The fourth-order valence-corrected chi connectivity index (χ4v) is 2.44. The molecule has 1 aliphatic rings. The van der Waals surface area contributed by atoms with Crippen LogP contribution < -0.4 is 5.32 Å². The smallest absolute Gasteiger partial charge is 0.120 e. The lowest BCUT2D eigenvalue weighted by Crippen LogP contribution is -2.21. The molecule has 1 saturated carbocycles. The Morgan fingerprint density at radius 1 is 1.47 bits per heavy atom. The summed E-state index contributed by atoms with van der Waals surface area (Å²) < 4.78 is 5.36. The number of rotatable bonds is 5. The molecule has 2 rings (SSSR count). The number of furan rings is 1. The van der Waals surface area contributed by atoms with Gasteiger partial charge in [-0.25, -0.2) is 0 Å². The predicted octanol–water partition coefficient (Wildman–Crippen LogP) is 3.51. The summed E-state index contributed by atoms with van der Waals surface area (Å²) in [6.07, 6.45) is 8.83. The van der Waals surface area contributed by atoms with Gasteiger partial charge < -0.3 is 9.73 Å². The molecule has 0 aromatic carbocycles. The van der Waals surface area contributed by atoms with Crippen molar-refractivity contribution in [2.45, 2.75) is 45.1 Å². The maximum absolute atomic E-state index is 5.36. The van der Waals surface area contributed by atoms with E-state index >= 15 is 0 Å². The molecular weight excluding hydrogens is 186 g/mol. The largest absolute Gasteiger partial charge is 0.468 e. The molecule has 2 heteroatoms. The first-order valence-electron chi connectivity index (χ1n) is 6.13. The fraction of sp³-hybridized carbons (Fsp3) is 0.692. The highest BCUT2D eigenvalue weighted by Gasteiger charge is 2.15. The first kappa shape index (κ1) is 10.7. The van der Waals surface area contributed by atoms with E-state index < -0.39 is 0 Å². The Morgan fingerprint density at radius 3 is 2.93 bits per heavy atom.